The molecule has 0 saturated carbocycles. The highest BCUT2D eigenvalue weighted by molar-refractivity contribution is 8.00. The summed E-state index contributed by atoms with van der Waals surface area (Å²) < 4.78 is 13.4. The number of ether oxygens (including phenoxy) is 2. The molecular weight excluding hydrogens is 302 g/mol. The second-order valence-electron chi connectivity index (χ2n) is 4.43. The number of thioether (sulfide) groups is 1. The maximum Gasteiger partial charge on any atom is 0.151 e. The molecule has 0 bridgehead atoms. The minimum Gasteiger partial charge on any atom is -0.494 e. The number of methoxy groups -OCH3 is 1. The van der Waals surface area contributed by atoms with E-state index in [-0.39, 0.29) is 0 Å². The zero-order chi connectivity index (χ0) is 14.7. The van der Waals surface area contributed by atoms with Gasteiger partial charge in [-0.05, 0) is 17.9 Å². The summed E-state index contributed by atoms with van der Waals surface area (Å²) in [5.41, 5.74) is 2.05. The van der Waals surface area contributed by atoms with Crippen LogP contribution in [0.1, 0.15) is 5.56 Å². The highest BCUT2D eigenvalue weighted by Crippen LogP contribution is 2.37. The third-order valence-corrected chi connectivity index (χ3v) is 5.04. The summed E-state index contributed by atoms with van der Waals surface area (Å²) >= 11 is 3.30. The molecule has 0 atom stereocenters. The van der Waals surface area contributed by atoms with Crippen molar-refractivity contribution in [2.45, 2.75) is 10.9 Å². The fourth-order valence-electron chi connectivity index (χ4n) is 2.02. The van der Waals surface area contributed by atoms with Gasteiger partial charge in [0, 0.05) is 6.07 Å². The highest BCUT2D eigenvalue weighted by Gasteiger charge is 2.11. The van der Waals surface area contributed by atoms with Crippen molar-refractivity contribution in [2.75, 3.05) is 13.4 Å². The number of aromatic nitrogens is 1. The van der Waals surface area contributed by atoms with Crippen LogP contribution in [-0.2, 0) is 6.61 Å². The number of thiazole rings is 1. The number of nitrogens with zero attached hydrogens (tertiary/aromatic N) is 1. The fourth-order valence-corrected chi connectivity index (χ4v) is 3.55. The molecule has 3 aromatic rings. The van der Waals surface area contributed by atoms with Gasteiger partial charge in [-0.25, -0.2) is 4.98 Å². The van der Waals surface area contributed by atoms with E-state index in [1.807, 2.05) is 48.7 Å². The number of rotatable bonds is 5. The predicted molar refractivity (Wildman–Crippen MR) is 88.7 cm³/mol. The molecule has 21 heavy (non-hydrogen) atoms. The molecule has 0 radical (unpaired) electrons. The summed E-state index contributed by atoms with van der Waals surface area (Å²) in [6.07, 6.45) is 2.02. The van der Waals surface area contributed by atoms with Gasteiger partial charge in [-0.15, -0.1) is 11.3 Å². The van der Waals surface area contributed by atoms with Crippen LogP contribution < -0.4 is 9.47 Å². The lowest BCUT2D eigenvalue weighted by Gasteiger charge is -2.08. The van der Waals surface area contributed by atoms with Crippen molar-refractivity contribution < 1.29 is 9.47 Å². The largest absolute Gasteiger partial charge is 0.494 e. The molecule has 0 aliphatic rings. The zero-order valence-corrected chi connectivity index (χ0v) is 13.5. The fraction of sp³-hybridized carbons (Fsp3) is 0.188. The Morgan fingerprint density at radius 1 is 1.19 bits per heavy atom. The third-order valence-electron chi connectivity index (χ3n) is 3.06. The first-order valence-corrected chi connectivity index (χ1v) is 8.53. The molecule has 0 fully saturated rings. The average Bonchev–Trinajstić information content (AvgIpc) is 2.96. The Labute approximate surface area is 131 Å². The maximum absolute atomic E-state index is 5.88. The summed E-state index contributed by atoms with van der Waals surface area (Å²) in [4.78, 5) is 4.56. The monoisotopic (exact) mass is 317 g/mol. The van der Waals surface area contributed by atoms with Crippen LogP contribution in [0, 0.1) is 0 Å². The second kappa shape index (κ2) is 6.37. The van der Waals surface area contributed by atoms with E-state index >= 15 is 0 Å². The molecule has 0 unspecified atom stereocenters. The molecule has 0 saturated heterocycles. The first-order chi connectivity index (χ1) is 10.3. The second-order valence-corrected chi connectivity index (χ2v) is 6.51. The van der Waals surface area contributed by atoms with Crippen molar-refractivity contribution in [1.82, 2.24) is 4.98 Å². The van der Waals surface area contributed by atoms with Crippen LogP contribution in [-0.4, -0.2) is 18.3 Å². The third kappa shape index (κ3) is 3.14. The summed E-state index contributed by atoms with van der Waals surface area (Å²) in [7, 11) is 1.66. The van der Waals surface area contributed by atoms with E-state index in [2.05, 4.69) is 4.98 Å². The summed E-state index contributed by atoms with van der Waals surface area (Å²) in [6.45, 7) is 0.545. The minimum absolute atomic E-state index is 0.545. The van der Waals surface area contributed by atoms with E-state index in [0.717, 1.165) is 31.6 Å². The first-order valence-electron chi connectivity index (χ1n) is 6.49. The van der Waals surface area contributed by atoms with Crippen LogP contribution in [0.25, 0.3) is 10.2 Å². The van der Waals surface area contributed by atoms with Crippen LogP contribution in [0.15, 0.2) is 46.8 Å². The molecule has 3 nitrogen and oxygen atoms in total. The van der Waals surface area contributed by atoms with E-state index < -0.39 is 0 Å². The van der Waals surface area contributed by atoms with Gasteiger partial charge < -0.3 is 9.47 Å². The van der Waals surface area contributed by atoms with Crippen molar-refractivity contribution in [1.29, 1.82) is 0 Å². The Hall–Kier alpha value is -1.72. The van der Waals surface area contributed by atoms with Gasteiger partial charge in [0.25, 0.3) is 0 Å². The van der Waals surface area contributed by atoms with Gasteiger partial charge in [0.2, 0.25) is 0 Å². The number of benzene rings is 2. The number of hydrogen-bond donors (Lipinski definition) is 0. The molecule has 0 aliphatic carbocycles. The number of hydrogen-bond acceptors (Lipinski definition) is 5. The van der Waals surface area contributed by atoms with Crippen molar-refractivity contribution >= 4 is 33.3 Å². The van der Waals surface area contributed by atoms with Crippen molar-refractivity contribution in [2.24, 2.45) is 0 Å². The van der Waals surface area contributed by atoms with Gasteiger partial charge in [-0.2, -0.15) is 0 Å². The summed E-state index contributed by atoms with van der Waals surface area (Å²) in [6, 6.07) is 14.0. The maximum atomic E-state index is 5.88. The van der Waals surface area contributed by atoms with Crippen molar-refractivity contribution in [3.63, 3.8) is 0 Å². The summed E-state index contributed by atoms with van der Waals surface area (Å²) in [5.74, 6) is 1.56. The van der Waals surface area contributed by atoms with Gasteiger partial charge in [-0.3, -0.25) is 0 Å². The Morgan fingerprint density at radius 3 is 2.71 bits per heavy atom. The molecule has 108 valence electrons. The van der Waals surface area contributed by atoms with Crippen LogP contribution in [0.2, 0.25) is 0 Å². The van der Waals surface area contributed by atoms with E-state index in [0.29, 0.717) is 6.61 Å². The van der Waals surface area contributed by atoms with Gasteiger partial charge in [0.05, 0.1) is 11.8 Å². The Balaban J connectivity index is 1.88. The van der Waals surface area contributed by atoms with E-state index in [1.54, 1.807) is 30.2 Å². The van der Waals surface area contributed by atoms with E-state index in [4.69, 9.17) is 9.47 Å². The van der Waals surface area contributed by atoms with E-state index in [1.165, 1.54) is 0 Å². The van der Waals surface area contributed by atoms with Crippen LogP contribution in [0.3, 0.4) is 0 Å². The van der Waals surface area contributed by atoms with Crippen molar-refractivity contribution in [3.05, 3.63) is 48.0 Å². The topological polar surface area (TPSA) is 31.4 Å². The lowest BCUT2D eigenvalue weighted by Crippen LogP contribution is -1.95. The molecule has 0 amide bonds. The van der Waals surface area contributed by atoms with Gasteiger partial charge >= 0.3 is 0 Å². The Bertz CT molecular complexity index is 741. The Kier molecular flexibility index (Phi) is 4.31. The molecule has 3 rings (SSSR count). The predicted octanol–water partition coefficient (Wildman–Crippen LogP) is 4.61. The van der Waals surface area contributed by atoms with Gasteiger partial charge in [-0.1, -0.05) is 42.1 Å². The van der Waals surface area contributed by atoms with Gasteiger partial charge in [0.1, 0.15) is 23.6 Å². The van der Waals surface area contributed by atoms with Crippen LogP contribution in [0.4, 0.5) is 0 Å². The molecule has 2 aromatic carbocycles. The molecule has 5 heteroatoms. The lowest BCUT2D eigenvalue weighted by atomic mass is 10.2. The summed E-state index contributed by atoms with van der Waals surface area (Å²) in [5, 5.41) is 0. The molecule has 0 N–H and O–H groups in total. The molecular formula is C16H15NO2S2. The molecule has 1 aromatic heterocycles. The molecule has 0 aliphatic heterocycles. The standard InChI is InChI=1S/C16H15NO2S2/c1-18-13-8-12(19-10-11-6-4-3-5-7-11)9-14-15(13)17-16(20-2)21-14/h3-9H,10H2,1-2H3. The Morgan fingerprint density at radius 2 is 2.00 bits per heavy atom. The SMILES string of the molecule is COc1cc(OCc2ccccc2)cc2sc(SC)nc12. The lowest BCUT2D eigenvalue weighted by molar-refractivity contribution is 0.304. The van der Waals surface area contributed by atoms with Gasteiger partial charge in [0.15, 0.2) is 4.34 Å². The molecule has 1 heterocycles. The van der Waals surface area contributed by atoms with Crippen molar-refractivity contribution in [3.8, 4) is 11.5 Å². The van der Waals surface area contributed by atoms with E-state index in [9.17, 15) is 0 Å². The smallest absolute Gasteiger partial charge is 0.151 e. The van der Waals surface area contributed by atoms with Crippen LogP contribution in [0.5, 0.6) is 11.5 Å². The average molecular weight is 317 g/mol. The van der Waals surface area contributed by atoms with Crippen LogP contribution >= 0.6 is 23.1 Å². The number of fused-ring (bicyclic) bond motifs is 1. The minimum atomic E-state index is 0.545. The highest BCUT2D eigenvalue weighted by atomic mass is 32.2. The quantitative estimate of drug-likeness (QED) is 0.643. The first kappa shape index (κ1) is 14.2. The zero-order valence-electron chi connectivity index (χ0n) is 11.8. The molecule has 0 spiro atoms. The normalized spacial score (nSPS) is 10.8.